The topological polar surface area (TPSA) is 21.3 Å². The molecule has 1 heterocycles. The van der Waals surface area contributed by atoms with E-state index in [1.165, 1.54) is 11.1 Å². The number of hydrogen-bond acceptors (Lipinski definition) is 3. The molecule has 2 nitrogen and oxygen atoms in total. The molecule has 0 fully saturated rings. The molecule has 0 aliphatic rings. The van der Waals surface area contributed by atoms with Crippen LogP contribution < -0.4 is 10.1 Å². The highest BCUT2D eigenvalue weighted by Gasteiger charge is 2.15. The number of aryl methyl sites for hydroxylation is 1. The number of thiophene rings is 1. The van der Waals surface area contributed by atoms with Crippen molar-refractivity contribution < 1.29 is 4.74 Å². The van der Waals surface area contributed by atoms with Gasteiger partial charge in [-0.3, -0.25) is 0 Å². The fraction of sp³-hybridized carbons (Fsp3) is 0.444. The van der Waals surface area contributed by atoms with E-state index in [-0.39, 0.29) is 0 Å². The molecule has 0 bridgehead atoms. The summed E-state index contributed by atoms with van der Waals surface area (Å²) in [5, 5.41) is 8.06. The van der Waals surface area contributed by atoms with Crippen molar-refractivity contribution in [3.8, 4) is 5.75 Å². The van der Waals surface area contributed by atoms with Gasteiger partial charge in [0.25, 0.3) is 0 Å². The Bertz CT molecular complexity index is 510. The van der Waals surface area contributed by atoms with Crippen LogP contribution in [0.25, 0.3) is 0 Å². The van der Waals surface area contributed by atoms with E-state index < -0.39 is 0 Å². The van der Waals surface area contributed by atoms with Crippen molar-refractivity contribution in [1.82, 2.24) is 5.32 Å². The Morgan fingerprint density at radius 1 is 1.19 bits per heavy atom. The molecule has 114 valence electrons. The third kappa shape index (κ3) is 4.87. The van der Waals surface area contributed by atoms with E-state index in [1.54, 1.807) is 11.3 Å². The molecular weight excluding hydrogens is 278 g/mol. The van der Waals surface area contributed by atoms with Gasteiger partial charge >= 0.3 is 0 Å². The van der Waals surface area contributed by atoms with Crippen LogP contribution in [-0.2, 0) is 6.42 Å². The molecule has 0 aliphatic heterocycles. The lowest BCUT2D eigenvalue weighted by Gasteiger charge is -2.21. The third-order valence-electron chi connectivity index (χ3n) is 3.54. The zero-order valence-corrected chi connectivity index (χ0v) is 13.8. The van der Waals surface area contributed by atoms with Gasteiger partial charge in [0.2, 0.25) is 0 Å². The largest absolute Gasteiger partial charge is 0.494 e. The van der Waals surface area contributed by atoms with Gasteiger partial charge in [0.05, 0.1) is 6.61 Å². The van der Waals surface area contributed by atoms with E-state index in [2.05, 4.69) is 47.3 Å². The zero-order valence-electron chi connectivity index (χ0n) is 13.0. The SMILES string of the molecule is CCCNC(CCc1ccsc1)c1ccccc1OCC. The average Bonchev–Trinajstić information content (AvgIpc) is 3.02. The second-order valence-corrected chi connectivity index (χ2v) is 5.93. The van der Waals surface area contributed by atoms with Crippen molar-refractivity contribution in [3.63, 3.8) is 0 Å². The molecule has 0 saturated heterocycles. The van der Waals surface area contributed by atoms with Crippen LogP contribution in [0.5, 0.6) is 5.75 Å². The lowest BCUT2D eigenvalue weighted by molar-refractivity contribution is 0.330. The Kier molecular flexibility index (Phi) is 6.77. The van der Waals surface area contributed by atoms with Crippen LogP contribution in [0, 0.1) is 0 Å². The molecule has 0 amide bonds. The Balaban J connectivity index is 2.10. The molecule has 1 atom stereocenters. The van der Waals surface area contributed by atoms with E-state index in [0.717, 1.165) is 31.6 Å². The molecule has 1 N–H and O–H groups in total. The van der Waals surface area contributed by atoms with Crippen LogP contribution in [-0.4, -0.2) is 13.2 Å². The minimum Gasteiger partial charge on any atom is -0.494 e. The van der Waals surface area contributed by atoms with E-state index >= 15 is 0 Å². The third-order valence-corrected chi connectivity index (χ3v) is 4.27. The number of nitrogens with one attached hydrogen (secondary N) is 1. The van der Waals surface area contributed by atoms with Crippen LogP contribution in [0.4, 0.5) is 0 Å². The highest BCUT2D eigenvalue weighted by Crippen LogP contribution is 2.28. The summed E-state index contributed by atoms with van der Waals surface area (Å²) in [6.07, 6.45) is 3.35. The van der Waals surface area contributed by atoms with Crippen molar-refractivity contribution >= 4 is 11.3 Å². The van der Waals surface area contributed by atoms with Crippen LogP contribution in [0.15, 0.2) is 41.1 Å². The second-order valence-electron chi connectivity index (χ2n) is 5.15. The Hall–Kier alpha value is -1.32. The maximum atomic E-state index is 5.80. The molecule has 1 unspecified atom stereocenters. The molecule has 1 aromatic heterocycles. The van der Waals surface area contributed by atoms with Gasteiger partial charge in [-0.05, 0) is 61.2 Å². The van der Waals surface area contributed by atoms with Crippen molar-refractivity contribution in [2.45, 2.75) is 39.2 Å². The number of hydrogen-bond donors (Lipinski definition) is 1. The van der Waals surface area contributed by atoms with Gasteiger partial charge < -0.3 is 10.1 Å². The second kappa shape index (κ2) is 8.85. The number of rotatable bonds is 9. The smallest absolute Gasteiger partial charge is 0.124 e. The summed E-state index contributed by atoms with van der Waals surface area (Å²) in [6, 6.07) is 11.0. The summed E-state index contributed by atoms with van der Waals surface area (Å²) in [5.74, 6) is 1.01. The van der Waals surface area contributed by atoms with Gasteiger partial charge in [0, 0.05) is 11.6 Å². The number of ether oxygens (including phenoxy) is 1. The van der Waals surface area contributed by atoms with E-state index in [9.17, 15) is 0 Å². The summed E-state index contributed by atoms with van der Waals surface area (Å²) >= 11 is 1.77. The predicted molar refractivity (Wildman–Crippen MR) is 91.3 cm³/mol. The predicted octanol–water partition coefficient (Wildman–Crippen LogP) is 4.82. The normalized spacial score (nSPS) is 12.3. The van der Waals surface area contributed by atoms with Gasteiger partial charge in [0.15, 0.2) is 0 Å². The van der Waals surface area contributed by atoms with E-state index in [0.29, 0.717) is 12.6 Å². The van der Waals surface area contributed by atoms with Gasteiger partial charge in [-0.15, -0.1) is 0 Å². The van der Waals surface area contributed by atoms with Crippen LogP contribution >= 0.6 is 11.3 Å². The lowest BCUT2D eigenvalue weighted by Crippen LogP contribution is -2.23. The zero-order chi connectivity index (χ0) is 14.9. The van der Waals surface area contributed by atoms with Crippen LogP contribution in [0.3, 0.4) is 0 Å². The first-order valence-electron chi connectivity index (χ1n) is 7.81. The van der Waals surface area contributed by atoms with E-state index in [1.807, 2.05) is 13.0 Å². The number of para-hydroxylation sites is 1. The summed E-state index contributed by atoms with van der Waals surface area (Å²) in [5.41, 5.74) is 2.71. The summed E-state index contributed by atoms with van der Waals surface area (Å²) < 4.78 is 5.80. The van der Waals surface area contributed by atoms with Crippen molar-refractivity contribution in [3.05, 3.63) is 52.2 Å². The molecule has 3 heteroatoms. The summed E-state index contributed by atoms with van der Waals surface area (Å²) in [7, 11) is 0. The van der Waals surface area contributed by atoms with Crippen molar-refractivity contribution in [1.29, 1.82) is 0 Å². The highest BCUT2D eigenvalue weighted by molar-refractivity contribution is 7.07. The fourth-order valence-corrected chi connectivity index (χ4v) is 3.19. The van der Waals surface area contributed by atoms with Gasteiger partial charge in [-0.25, -0.2) is 0 Å². The van der Waals surface area contributed by atoms with Crippen molar-refractivity contribution in [2.75, 3.05) is 13.2 Å². The molecule has 2 aromatic rings. The summed E-state index contributed by atoms with van der Waals surface area (Å²) in [6.45, 7) is 5.99. The minimum absolute atomic E-state index is 0.354. The molecule has 21 heavy (non-hydrogen) atoms. The van der Waals surface area contributed by atoms with Crippen molar-refractivity contribution in [2.24, 2.45) is 0 Å². The first-order chi connectivity index (χ1) is 10.3. The number of benzene rings is 1. The first kappa shape index (κ1) is 16.1. The molecule has 0 radical (unpaired) electrons. The molecular formula is C18H25NOS. The molecule has 2 rings (SSSR count). The minimum atomic E-state index is 0.354. The van der Waals surface area contributed by atoms with Gasteiger partial charge in [-0.2, -0.15) is 11.3 Å². The maximum absolute atomic E-state index is 5.80. The average molecular weight is 303 g/mol. The van der Waals surface area contributed by atoms with Crippen LogP contribution in [0.2, 0.25) is 0 Å². The first-order valence-corrected chi connectivity index (χ1v) is 8.75. The van der Waals surface area contributed by atoms with Crippen LogP contribution in [0.1, 0.15) is 43.9 Å². The quantitative estimate of drug-likeness (QED) is 0.717. The Morgan fingerprint density at radius 2 is 2.05 bits per heavy atom. The molecule has 1 aromatic carbocycles. The Labute approximate surface area is 132 Å². The molecule has 0 saturated carbocycles. The highest BCUT2D eigenvalue weighted by atomic mass is 32.1. The van der Waals surface area contributed by atoms with Gasteiger partial charge in [-0.1, -0.05) is 25.1 Å². The molecule has 0 spiro atoms. The fourth-order valence-electron chi connectivity index (χ4n) is 2.49. The molecule has 0 aliphatic carbocycles. The maximum Gasteiger partial charge on any atom is 0.124 e. The van der Waals surface area contributed by atoms with Gasteiger partial charge in [0.1, 0.15) is 5.75 Å². The Morgan fingerprint density at radius 3 is 2.76 bits per heavy atom. The lowest BCUT2D eigenvalue weighted by atomic mass is 9.99. The monoisotopic (exact) mass is 303 g/mol. The van der Waals surface area contributed by atoms with E-state index in [4.69, 9.17) is 4.74 Å². The summed E-state index contributed by atoms with van der Waals surface area (Å²) in [4.78, 5) is 0. The standard InChI is InChI=1S/C18H25NOS/c1-3-12-19-17(10-9-15-11-13-21-14-15)16-7-5-6-8-18(16)20-4-2/h5-8,11,13-14,17,19H,3-4,9-10,12H2,1-2H3.